The van der Waals surface area contributed by atoms with Crippen molar-refractivity contribution in [1.82, 2.24) is 0 Å². The summed E-state index contributed by atoms with van der Waals surface area (Å²) in [6.07, 6.45) is 0. The van der Waals surface area contributed by atoms with Gasteiger partial charge in [-0.2, -0.15) is 8.42 Å². The number of fused-ring (bicyclic) bond motifs is 1. The molecule has 0 amide bonds. The van der Waals surface area contributed by atoms with Crippen molar-refractivity contribution >= 4 is 56.9 Å². The molecule has 0 aliphatic heterocycles. The summed E-state index contributed by atoms with van der Waals surface area (Å²) in [6.45, 7) is -0.184. The van der Waals surface area contributed by atoms with E-state index in [-0.39, 0.29) is 36.0 Å². The molecule has 5 nitrogen and oxygen atoms in total. The second-order valence-corrected chi connectivity index (χ2v) is 4.79. The van der Waals surface area contributed by atoms with E-state index in [9.17, 15) is 18.3 Å². The van der Waals surface area contributed by atoms with Crippen LogP contribution in [0.2, 0.25) is 0 Å². The molecule has 7 heteroatoms. The summed E-state index contributed by atoms with van der Waals surface area (Å²) < 4.78 is 27.3. The van der Waals surface area contributed by atoms with Crippen molar-refractivity contribution in [3.05, 3.63) is 36.4 Å². The van der Waals surface area contributed by atoms with Crippen LogP contribution in [0.15, 0.2) is 41.3 Å². The molecule has 0 spiro atoms. The molecular weight excluding hydrogens is 267 g/mol. The summed E-state index contributed by atoms with van der Waals surface area (Å²) >= 11 is 0. The summed E-state index contributed by atoms with van der Waals surface area (Å²) in [5.41, 5.74) is 0. The van der Waals surface area contributed by atoms with Gasteiger partial charge in [-0.15, -0.1) is 0 Å². The van der Waals surface area contributed by atoms with Crippen molar-refractivity contribution in [2.45, 2.75) is 4.90 Å². The first kappa shape index (κ1) is 15.0. The second kappa shape index (κ2) is 5.71. The van der Waals surface area contributed by atoms with Crippen LogP contribution in [0.1, 0.15) is 0 Å². The number of hydrogen-bond donors (Lipinski definition) is 1. The Morgan fingerprint density at radius 2 is 1.78 bits per heavy atom. The van der Waals surface area contributed by atoms with Crippen LogP contribution in [-0.2, 0) is 19.1 Å². The fourth-order valence-corrected chi connectivity index (χ4v) is 2.57. The van der Waals surface area contributed by atoms with E-state index >= 15 is 0 Å². The standard InChI is InChI=1S/C11H8O5S.Na.H/c12-7-16-17(14,15)11-9-4-2-1-3-8(9)5-6-10(11)13;;/h1-7,13H;;. The van der Waals surface area contributed by atoms with Gasteiger partial charge in [0, 0.05) is 5.39 Å². The number of carbonyl (C=O) groups excluding carboxylic acids is 1. The molecule has 0 aromatic heterocycles. The van der Waals surface area contributed by atoms with E-state index in [1.807, 2.05) is 0 Å². The Kier molecular flexibility index (Phi) is 4.75. The van der Waals surface area contributed by atoms with Gasteiger partial charge < -0.3 is 9.29 Å². The Bertz CT molecular complexity index is 681. The van der Waals surface area contributed by atoms with Crippen molar-refractivity contribution in [3.8, 4) is 5.75 Å². The molecule has 2 aromatic carbocycles. The van der Waals surface area contributed by atoms with Crippen LogP contribution in [0.3, 0.4) is 0 Å². The first-order valence-corrected chi connectivity index (χ1v) is 6.05. The summed E-state index contributed by atoms with van der Waals surface area (Å²) in [5, 5.41) is 10.5. The molecule has 0 radical (unpaired) electrons. The molecule has 0 aliphatic carbocycles. The third kappa shape index (κ3) is 2.67. The van der Waals surface area contributed by atoms with Gasteiger partial charge in [-0.05, 0) is 11.5 Å². The molecule has 0 bridgehead atoms. The fourth-order valence-electron chi connectivity index (χ4n) is 1.59. The second-order valence-electron chi connectivity index (χ2n) is 3.28. The van der Waals surface area contributed by atoms with E-state index in [0.717, 1.165) is 0 Å². The first-order valence-electron chi connectivity index (χ1n) is 4.64. The van der Waals surface area contributed by atoms with Gasteiger partial charge in [-0.3, -0.25) is 4.79 Å². The van der Waals surface area contributed by atoms with E-state index < -0.39 is 20.8 Å². The molecule has 2 rings (SSSR count). The molecule has 1 N–H and O–H groups in total. The molecule has 0 aliphatic rings. The van der Waals surface area contributed by atoms with Crippen LogP contribution >= 0.6 is 0 Å². The number of hydrogen-bond acceptors (Lipinski definition) is 5. The third-order valence-electron chi connectivity index (χ3n) is 2.27. The van der Waals surface area contributed by atoms with Crippen molar-refractivity contribution < 1.29 is 22.5 Å². The molecule has 18 heavy (non-hydrogen) atoms. The molecule has 90 valence electrons. The first-order chi connectivity index (χ1) is 8.06. The van der Waals surface area contributed by atoms with Gasteiger partial charge >= 0.3 is 46.1 Å². The maximum atomic E-state index is 11.7. The summed E-state index contributed by atoms with van der Waals surface area (Å²) in [7, 11) is -4.29. The predicted octanol–water partition coefficient (Wildman–Crippen LogP) is 0.759. The average Bonchev–Trinajstić information content (AvgIpc) is 2.28. The summed E-state index contributed by atoms with van der Waals surface area (Å²) in [5.74, 6) is -0.453. The van der Waals surface area contributed by atoms with E-state index in [2.05, 4.69) is 4.18 Å². The minimum atomic E-state index is -4.29. The minimum absolute atomic E-state index is 0. The van der Waals surface area contributed by atoms with Gasteiger partial charge in [-0.1, -0.05) is 30.3 Å². The Hall–Kier alpha value is -1.08. The van der Waals surface area contributed by atoms with Gasteiger partial charge in [-0.25, -0.2) is 0 Å². The monoisotopic (exact) mass is 276 g/mol. The predicted molar refractivity (Wildman–Crippen MR) is 67.1 cm³/mol. The van der Waals surface area contributed by atoms with E-state index in [0.29, 0.717) is 10.8 Å². The maximum absolute atomic E-state index is 11.7. The Morgan fingerprint density at radius 3 is 2.44 bits per heavy atom. The van der Waals surface area contributed by atoms with Gasteiger partial charge in [0.15, 0.2) is 4.90 Å². The van der Waals surface area contributed by atoms with Crippen LogP contribution < -0.4 is 0 Å². The number of benzene rings is 2. The van der Waals surface area contributed by atoms with Crippen molar-refractivity contribution in [2.75, 3.05) is 0 Å². The summed E-state index contributed by atoms with van der Waals surface area (Å²) in [6, 6.07) is 9.39. The molecule has 2 aromatic rings. The zero-order chi connectivity index (χ0) is 12.5. The van der Waals surface area contributed by atoms with Crippen molar-refractivity contribution in [3.63, 3.8) is 0 Å². The molecule has 0 unspecified atom stereocenters. The number of phenols is 1. The van der Waals surface area contributed by atoms with Crippen LogP contribution in [-0.4, -0.2) is 49.6 Å². The molecule has 0 atom stereocenters. The number of phenolic OH excluding ortho intramolecular Hbond substituents is 1. The van der Waals surface area contributed by atoms with Gasteiger partial charge in [0.2, 0.25) is 0 Å². The Labute approximate surface area is 126 Å². The normalized spacial score (nSPS) is 10.7. The SMILES string of the molecule is O=COS(=O)(=O)c1c(O)ccc2ccccc12.[NaH]. The summed E-state index contributed by atoms with van der Waals surface area (Å²) in [4.78, 5) is 9.76. The number of rotatable bonds is 3. The van der Waals surface area contributed by atoms with E-state index in [4.69, 9.17) is 0 Å². The molecule has 0 heterocycles. The number of carbonyl (C=O) groups is 1. The quantitative estimate of drug-likeness (QED) is 0.508. The van der Waals surface area contributed by atoms with Crippen LogP contribution in [0.25, 0.3) is 10.8 Å². The van der Waals surface area contributed by atoms with Gasteiger partial charge in [0.25, 0.3) is 0 Å². The fraction of sp³-hybridized carbons (Fsp3) is 0. The molecule has 0 saturated carbocycles. The van der Waals surface area contributed by atoms with E-state index in [1.165, 1.54) is 12.1 Å². The topological polar surface area (TPSA) is 80.7 Å². The molecule has 0 fully saturated rings. The molecular formula is C11H9NaO5S. The molecule has 0 saturated heterocycles. The van der Waals surface area contributed by atoms with Crippen LogP contribution in [0, 0.1) is 0 Å². The zero-order valence-corrected chi connectivity index (χ0v) is 9.35. The van der Waals surface area contributed by atoms with Gasteiger partial charge in [0.1, 0.15) is 5.75 Å². The van der Waals surface area contributed by atoms with E-state index in [1.54, 1.807) is 24.3 Å². The zero-order valence-electron chi connectivity index (χ0n) is 8.53. The Balaban J connectivity index is 0.00000162. The average molecular weight is 276 g/mol. The number of aromatic hydroxyl groups is 1. The van der Waals surface area contributed by atoms with Crippen molar-refractivity contribution in [1.29, 1.82) is 0 Å². The van der Waals surface area contributed by atoms with Crippen LogP contribution in [0.5, 0.6) is 5.75 Å². The van der Waals surface area contributed by atoms with Crippen LogP contribution in [0.4, 0.5) is 0 Å². The van der Waals surface area contributed by atoms with Crippen molar-refractivity contribution in [2.24, 2.45) is 0 Å². The third-order valence-corrected chi connectivity index (χ3v) is 3.54. The Morgan fingerprint density at radius 1 is 1.11 bits per heavy atom. The van der Waals surface area contributed by atoms with Gasteiger partial charge in [0.05, 0.1) is 0 Å².